The summed E-state index contributed by atoms with van der Waals surface area (Å²) in [6, 6.07) is 18.1. The zero-order valence-electron chi connectivity index (χ0n) is 14.4. The van der Waals surface area contributed by atoms with Crippen LogP contribution in [0.1, 0.15) is 23.6 Å². The summed E-state index contributed by atoms with van der Waals surface area (Å²) in [5.74, 6) is -0.0229. The van der Waals surface area contributed by atoms with Crippen LogP contribution < -0.4 is 16.2 Å². The molecule has 6 nitrogen and oxygen atoms in total. The summed E-state index contributed by atoms with van der Waals surface area (Å²) < 4.78 is 1.79. The molecule has 26 heavy (non-hydrogen) atoms. The first-order valence-corrected chi connectivity index (χ1v) is 8.75. The molecule has 0 aliphatic carbocycles. The Kier molecular flexibility index (Phi) is 4.77. The van der Waals surface area contributed by atoms with Gasteiger partial charge in [-0.2, -0.15) is 5.10 Å². The van der Waals surface area contributed by atoms with Gasteiger partial charge in [0.15, 0.2) is 0 Å². The predicted octanol–water partition coefficient (Wildman–Crippen LogP) is 2.59. The van der Waals surface area contributed by atoms with Crippen molar-refractivity contribution < 1.29 is 4.79 Å². The van der Waals surface area contributed by atoms with Gasteiger partial charge in [0.2, 0.25) is 5.91 Å². The SMILES string of the molecule is O=C(Cc1ccc(-n2cccn2)cc1)Nc1ccc(C2CCNN2)cc1. The Morgan fingerprint density at radius 3 is 2.62 bits per heavy atom. The van der Waals surface area contributed by atoms with Crippen LogP contribution in [0.4, 0.5) is 5.69 Å². The molecule has 1 unspecified atom stereocenters. The van der Waals surface area contributed by atoms with Gasteiger partial charge in [0.1, 0.15) is 0 Å². The number of anilines is 1. The van der Waals surface area contributed by atoms with Crippen molar-refractivity contribution in [3.8, 4) is 5.69 Å². The van der Waals surface area contributed by atoms with Crippen molar-refractivity contribution in [1.29, 1.82) is 0 Å². The molecule has 0 radical (unpaired) electrons. The van der Waals surface area contributed by atoms with Crippen LogP contribution in [0.15, 0.2) is 67.0 Å². The average Bonchev–Trinajstić information content (AvgIpc) is 3.37. The van der Waals surface area contributed by atoms with Gasteiger partial charge in [0.05, 0.1) is 12.1 Å². The third kappa shape index (κ3) is 3.82. The molecule has 0 bridgehead atoms. The molecule has 1 fully saturated rings. The Morgan fingerprint density at radius 2 is 1.96 bits per heavy atom. The molecule has 1 saturated heterocycles. The maximum absolute atomic E-state index is 12.3. The van der Waals surface area contributed by atoms with Crippen LogP contribution in [0.25, 0.3) is 5.69 Å². The van der Waals surface area contributed by atoms with E-state index in [1.165, 1.54) is 5.56 Å². The number of rotatable bonds is 5. The van der Waals surface area contributed by atoms with Crippen LogP contribution in [0.5, 0.6) is 0 Å². The molecule has 3 N–H and O–H groups in total. The molecule has 0 saturated carbocycles. The normalized spacial score (nSPS) is 16.5. The van der Waals surface area contributed by atoms with E-state index in [-0.39, 0.29) is 5.91 Å². The molecule has 1 aliphatic rings. The minimum Gasteiger partial charge on any atom is -0.326 e. The number of amides is 1. The van der Waals surface area contributed by atoms with Gasteiger partial charge in [-0.25, -0.2) is 4.68 Å². The standard InChI is InChI=1S/C20H21N5O/c26-20(14-15-2-8-18(9-3-15)25-13-1-11-22-25)23-17-6-4-16(5-7-17)19-10-12-21-24-19/h1-9,11,13,19,21,24H,10,12,14H2,(H,23,26). The number of hydrazine groups is 1. The van der Waals surface area contributed by atoms with Crippen molar-refractivity contribution in [2.75, 3.05) is 11.9 Å². The second-order valence-corrected chi connectivity index (χ2v) is 6.38. The number of nitrogens with zero attached hydrogens (tertiary/aromatic N) is 2. The molecule has 1 aromatic heterocycles. The van der Waals surface area contributed by atoms with Gasteiger partial charge in [0, 0.05) is 30.7 Å². The number of carbonyl (C=O) groups is 1. The minimum atomic E-state index is -0.0229. The number of hydrogen-bond acceptors (Lipinski definition) is 4. The van der Waals surface area contributed by atoms with Crippen molar-refractivity contribution in [2.24, 2.45) is 0 Å². The lowest BCUT2D eigenvalue weighted by atomic mass is 10.1. The summed E-state index contributed by atoms with van der Waals surface area (Å²) in [7, 11) is 0. The van der Waals surface area contributed by atoms with Crippen molar-refractivity contribution >= 4 is 11.6 Å². The fourth-order valence-corrected chi connectivity index (χ4v) is 3.11. The maximum atomic E-state index is 12.3. The lowest BCUT2D eigenvalue weighted by molar-refractivity contribution is -0.115. The molecular formula is C20H21N5O. The van der Waals surface area contributed by atoms with Gasteiger partial charge < -0.3 is 5.32 Å². The molecule has 132 valence electrons. The van der Waals surface area contributed by atoms with Gasteiger partial charge in [-0.05, 0) is 47.9 Å². The highest BCUT2D eigenvalue weighted by atomic mass is 16.1. The van der Waals surface area contributed by atoms with E-state index >= 15 is 0 Å². The van der Waals surface area contributed by atoms with Crippen LogP contribution in [0.3, 0.4) is 0 Å². The van der Waals surface area contributed by atoms with E-state index in [4.69, 9.17) is 0 Å². The quantitative estimate of drug-likeness (QED) is 0.663. The minimum absolute atomic E-state index is 0.0229. The Bertz CT molecular complexity index is 850. The van der Waals surface area contributed by atoms with E-state index in [9.17, 15) is 4.79 Å². The van der Waals surface area contributed by atoms with E-state index in [1.807, 2.05) is 48.7 Å². The van der Waals surface area contributed by atoms with E-state index in [2.05, 4.69) is 33.4 Å². The van der Waals surface area contributed by atoms with Crippen LogP contribution >= 0.6 is 0 Å². The summed E-state index contributed by atoms with van der Waals surface area (Å²) in [6.45, 7) is 0.975. The highest BCUT2D eigenvalue weighted by molar-refractivity contribution is 5.92. The van der Waals surface area contributed by atoms with Crippen LogP contribution in [0, 0.1) is 0 Å². The second-order valence-electron chi connectivity index (χ2n) is 6.38. The summed E-state index contributed by atoms with van der Waals surface area (Å²) in [6.07, 6.45) is 5.05. The molecule has 1 amide bonds. The van der Waals surface area contributed by atoms with E-state index in [1.54, 1.807) is 10.9 Å². The predicted molar refractivity (Wildman–Crippen MR) is 101 cm³/mol. The van der Waals surface area contributed by atoms with Crippen molar-refractivity contribution in [3.63, 3.8) is 0 Å². The van der Waals surface area contributed by atoms with Crippen molar-refractivity contribution in [1.82, 2.24) is 20.6 Å². The lowest BCUT2D eigenvalue weighted by Gasteiger charge is -2.11. The monoisotopic (exact) mass is 347 g/mol. The highest BCUT2D eigenvalue weighted by Gasteiger charge is 2.15. The van der Waals surface area contributed by atoms with E-state index < -0.39 is 0 Å². The van der Waals surface area contributed by atoms with Crippen LogP contribution in [-0.4, -0.2) is 22.2 Å². The molecule has 0 spiro atoms. The van der Waals surface area contributed by atoms with Crippen molar-refractivity contribution in [3.05, 3.63) is 78.1 Å². The molecule has 1 atom stereocenters. The number of aromatic nitrogens is 2. The van der Waals surface area contributed by atoms with Gasteiger partial charge in [0.25, 0.3) is 0 Å². The maximum Gasteiger partial charge on any atom is 0.228 e. The summed E-state index contributed by atoms with van der Waals surface area (Å²) in [4.78, 5) is 12.3. The third-order valence-electron chi connectivity index (χ3n) is 4.50. The number of hydrogen-bond donors (Lipinski definition) is 3. The Balaban J connectivity index is 1.34. The lowest BCUT2D eigenvalue weighted by Crippen LogP contribution is -2.24. The fourth-order valence-electron chi connectivity index (χ4n) is 3.11. The second kappa shape index (κ2) is 7.51. The van der Waals surface area contributed by atoms with E-state index in [0.717, 1.165) is 29.9 Å². The van der Waals surface area contributed by atoms with Gasteiger partial charge >= 0.3 is 0 Å². The smallest absolute Gasteiger partial charge is 0.228 e. The first-order chi connectivity index (χ1) is 12.8. The van der Waals surface area contributed by atoms with Crippen LogP contribution in [-0.2, 0) is 11.2 Å². The molecule has 6 heteroatoms. The van der Waals surface area contributed by atoms with Crippen molar-refractivity contribution in [2.45, 2.75) is 18.9 Å². The number of benzene rings is 2. The Labute approximate surface area is 152 Å². The van der Waals surface area contributed by atoms with Gasteiger partial charge in [-0.15, -0.1) is 0 Å². The topological polar surface area (TPSA) is 71.0 Å². The molecule has 2 aromatic carbocycles. The number of carbonyl (C=O) groups excluding carboxylic acids is 1. The average molecular weight is 347 g/mol. The Morgan fingerprint density at radius 1 is 1.15 bits per heavy atom. The van der Waals surface area contributed by atoms with Crippen LogP contribution in [0.2, 0.25) is 0 Å². The molecule has 3 aromatic rings. The Hall–Kier alpha value is -2.96. The highest BCUT2D eigenvalue weighted by Crippen LogP contribution is 2.20. The molecule has 4 rings (SSSR count). The fraction of sp³-hybridized carbons (Fsp3) is 0.200. The van der Waals surface area contributed by atoms with Gasteiger partial charge in [-0.3, -0.25) is 15.6 Å². The first kappa shape index (κ1) is 16.5. The molecule has 2 heterocycles. The number of nitrogens with one attached hydrogen (secondary N) is 3. The summed E-state index contributed by atoms with van der Waals surface area (Å²) in [5.41, 5.74) is 10.4. The molecular weight excluding hydrogens is 326 g/mol. The van der Waals surface area contributed by atoms with Gasteiger partial charge in [-0.1, -0.05) is 24.3 Å². The zero-order valence-corrected chi connectivity index (χ0v) is 14.4. The zero-order chi connectivity index (χ0) is 17.8. The summed E-state index contributed by atoms with van der Waals surface area (Å²) in [5, 5.41) is 7.16. The third-order valence-corrected chi connectivity index (χ3v) is 4.50. The summed E-state index contributed by atoms with van der Waals surface area (Å²) >= 11 is 0. The van der Waals surface area contributed by atoms with E-state index in [0.29, 0.717) is 12.5 Å². The first-order valence-electron chi connectivity index (χ1n) is 8.75. The molecule has 1 aliphatic heterocycles. The largest absolute Gasteiger partial charge is 0.326 e.